The number of halogens is 1. The van der Waals surface area contributed by atoms with E-state index < -0.39 is 0 Å². The number of hydrogen-bond donors (Lipinski definition) is 1. The summed E-state index contributed by atoms with van der Waals surface area (Å²) in [5.74, 6) is 0.680. The van der Waals surface area contributed by atoms with Crippen LogP contribution in [0.1, 0.15) is 31.4 Å². The molecule has 1 aromatic carbocycles. The Morgan fingerprint density at radius 1 is 1.26 bits per heavy atom. The molecule has 6 heteroatoms. The van der Waals surface area contributed by atoms with E-state index >= 15 is 0 Å². The van der Waals surface area contributed by atoms with Gasteiger partial charge in [-0.25, -0.2) is 4.39 Å². The largest absolute Gasteiger partial charge is 0.384 e. The standard InChI is InChI=1S/C17H20FN5/c1-11(2)23-10-20-22-17(23)6-7-19-16-8-12(3)21-15-5-4-13(18)9-14(15)16/h4-5,8-11H,6-7H2,1-3H3,(H,19,21). The number of rotatable bonds is 5. The van der Waals surface area contributed by atoms with E-state index in [0.717, 1.165) is 34.5 Å². The molecule has 0 bridgehead atoms. The van der Waals surface area contributed by atoms with E-state index in [1.165, 1.54) is 12.1 Å². The lowest BCUT2D eigenvalue weighted by Gasteiger charge is -2.12. The van der Waals surface area contributed by atoms with Crippen LogP contribution in [0.4, 0.5) is 10.1 Å². The van der Waals surface area contributed by atoms with Crippen LogP contribution < -0.4 is 5.32 Å². The van der Waals surface area contributed by atoms with Crippen molar-refractivity contribution in [3.63, 3.8) is 0 Å². The molecule has 0 aliphatic rings. The van der Waals surface area contributed by atoms with E-state index in [1.807, 2.05) is 13.0 Å². The summed E-state index contributed by atoms with van der Waals surface area (Å²) in [6.07, 6.45) is 2.50. The minimum Gasteiger partial charge on any atom is -0.384 e. The number of fused-ring (bicyclic) bond motifs is 1. The first kappa shape index (κ1) is 15.4. The Balaban J connectivity index is 1.79. The van der Waals surface area contributed by atoms with Crippen LogP contribution >= 0.6 is 0 Å². The molecule has 0 radical (unpaired) electrons. The fraction of sp³-hybridized carbons (Fsp3) is 0.353. The van der Waals surface area contributed by atoms with E-state index in [-0.39, 0.29) is 5.82 Å². The van der Waals surface area contributed by atoms with Crippen LogP contribution in [-0.2, 0) is 6.42 Å². The first-order valence-electron chi connectivity index (χ1n) is 7.74. The summed E-state index contributed by atoms with van der Waals surface area (Å²) in [5, 5.41) is 12.3. The molecule has 0 spiro atoms. The molecule has 2 aromatic heterocycles. The van der Waals surface area contributed by atoms with Crippen LogP contribution in [0.25, 0.3) is 10.9 Å². The Morgan fingerprint density at radius 3 is 2.87 bits per heavy atom. The quantitative estimate of drug-likeness (QED) is 0.783. The average Bonchev–Trinajstić information content (AvgIpc) is 2.96. The second kappa shape index (κ2) is 6.32. The van der Waals surface area contributed by atoms with Gasteiger partial charge in [0.25, 0.3) is 0 Å². The Morgan fingerprint density at radius 2 is 2.09 bits per heavy atom. The van der Waals surface area contributed by atoms with Crippen LogP contribution in [0, 0.1) is 12.7 Å². The van der Waals surface area contributed by atoms with Gasteiger partial charge in [-0.15, -0.1) is 10.2 Å². The van der Waals surface area contributed by atoms with E-state index in [4.69, 9.17) is 0 Å². The molecule has 23 heavy (non-hydrogen) atoms. The van der Waals surface area contributed by atoms with Crippen LogP contribution in [-0.4, -0.2) is 26.3 Å². The number of aromatic nitrogens is 4. The number of hydrogen-bond acceptors (Lipinski definition) is 4. The number of nitrogens with one attached hydrogen (secondary N) is 1. The van der Waals surface area contributed by atoms with E-state index in [1.54, 1.807) is 12.4 Å². The summed E-state index contributed by atoms with van der Waals surface area (Å²) in [6.45, 7) is 6.83. The third-order valence-electron chi connectivity index (χ3n) is 3.77. The number of anilines is 1. The summed E-state index contributed by atoms with van der Waals surface area (Å²) in [6, 6.07) is 6.93. The maximum Gasteiger partial charge on any atom is 0.134 e. The molecular formula is C17H20FN5. The maximum atomic E-state index is 13.5. The zero-order valence-electron chi connectivity index (χ0n) is 13.5. The highest BCUT2D eigenvalue weighted by molar-refractivity contribution is 5.91. The zero-order valence-corrected chi connectivity index (χ0v) is 13.5. The summed E-state index contributed by atoms with van der Waals surface area (Å²) >= 11 is 0. The second-order valence-corrected chi connectivity index (χ2v) is 5.90. The Bertz CT molecular complexity index is 825. The summed E-state index contributed by atoms with van der Waals surface area (Å²) in [4.78, 5) is 4.44. The smallest absolute Gasteiger partial charge is 0.134 e. The first-order valence-corrected chi connectivity index (χ1v) is 7.74. The van der Waals surface area contributed by atoms with Gasteiger partial charge in [-0.05, 0) is 45.0 Å². The van der Waals surface area contributed by atoms with Gasteiger partial charge in [0, 0.05) is 35.8 Å². The summed E-state index contributed by atoms with van der Waals surface area (Å²) in [7, 11) is 0. The van der Waals surface area contributed by atoms with Crippen molar-refractivity contribution >= 4 is 16.6 Å². The minimum absolute atomic E-state index is 0.259. The molecule has 2 heterocycles. The molecule has 3 aromatic rings. The van der Waals surface area contributed by atoms with Gasteiger partial charge in [-0.2, -0.15) is 0 Å². The van der Waals surface area contributed by atoms with Crippen molar-refractivity contribution in [3.8, 4) is 0 Å². The average molecular weight is 313 g/mol. The monoisotopic (exact) mass is 313 g/mol. The van der Waals surface area contributed by atoms with Crippen molar-refractivity contribution < 1.29 is 4.39 Å². The van der Waals surface area contributed by atoms with Crippen molar-refractivity contribution in [2.45, 2.75) is 33.2 Å². The summed E-state index contributed by atoms with van der Waals surface area (Å²) < 4.78 is 15.6. The Hall–Kier alpha value is -2.50. The topological polar surface area (TPSA) is 55.6 Å². The van der Waals surface area contributed by atoms with Crippen LogP contribution in [0.3, 0.4) is 0 Å². The van der Waals surface area contributed by atoms with Crippen molar-refractivity contribution in [2.75, 3.05) is 11.9 Å². The number of aryl methyl sites for hydroxylation is 1. The third kappa shape index (κ3) is 3.31. The molecule has 0 unspecified atom stereocenters. The number of nitrogens with zero attached hydrogens (tertiary/aromatic N) is 4. The normalized spacial score (nSPS) is 11.3. The lowest BCUT2D eigenvalue weighted by molar-refractivity contribution is 0.568. The second-order valence-electron chi connectivity index (χ2n) is 5.90. The molecular weight excluding hydrogens is 293 g/mol. The van der Waals surface area contributed by atoms with E-state index in [2.05, 4.69) is 38.9 Å². The molecule has 1 N–H and O–H groups in total. The maximum absolute atomic E-state index is 13.5. The van der Waals surface area contributed by atoms with Gasteiger partial charge in [0.2, 0.25) is 0 Å². The molecule has 3 rings (SSSR count). The molecule has 5 nitrogen and oxygen atoms in total. The molecule has 0 aliphatic carbocycles. The molecule has 0 saturated carbocycles. The fourth-order valence-electron chi connectivity index (χ4n) is 2.66. The van der Waals surface area contributed by atoms with Crippen LogP contribution in [0.5, 0.6) is 0 Å². The lowest BCUT2D eigenvalue weighted by atomic mass is 10.1. The minimum atomic E-state index is -0.259. The van der Waals surface area contributed by atoms with Gasteiger partial charge < -0.3 is 9.88 Å². The highest BCUT2D eigenvalue weighted by atomic mass is 19.1. The molecule has 0 amide bonds. The van der Waals surface area contributed by atoms with Crippen molar-refractivity contribution in [2.24, 2.45) is 0 Å². The number of pyridine rings is 1. The van der Waals surface area contributed by atoms with Crippen molar-refractivity contribution in [1.29, 1.82) is 0 Å². The van der Waals surface area contributed by atoms with Crippen LogP contribution in [0.15, 0.2) is 30.6 Å². The number of benzene rings is 1. The fourth-order valence-corrected chi connectivity index (χ4v) is 2.66. The van der Waals surface area contributed by atoms with Gasteiger partial charge in [0.1, 0.15) is 18.0 Å². The first-order chi connectivity index (χ1) is 11.0. The van der Waals surface area contributed by atoms with Crippen molar-refractivity contribution in [3.05, 3.63) is 47.9 Å². The van der Waals surface area contributed by atoms with Gasteiger partial charge in [-0.1, -0.05) is 0 Å². The third-order valence-corrected chi connectivity index (χ3v) is 3.77. The van der Waals surface area contributed by atoms with E-state index in [0.29, 0.717) is 12.6 Å². The predicted molar refractivity (Wildman–Crippen MR) is 89.0 cm³/mol. The van der Waals surface area contributed by atoms with Crippen molar-refractivity contribution in [1.82, 2.24) is 19.7 Å². The summed E-state index contributed by atoms with van der Waals surface area (Å²) in [5.41, 5.74) is 2.58. The van der Waals surface area contributed by atoms with Gasteiger partial charge in [0.15, 0.2) is 0 Å². The lowest BCUT2D eigenvalue weighted by Crippen LogP contribution is -2.12. The van der Waals surface area contributed by atoms with Gasteiger partial charge >= 0.3 is 0 Å². The highest BCUT2D eigenvalue weighted by Gasteiger charge is 2.08. The van der Waals surface area contributed by atoms with Gasteiger partial charge in [0.05, 0.1) is 5.52 Å². The Labute approximate surface area is 134 Å². The molecule has 120 valence electrons. The Kier molecular flexibility index (Phi) is 4.23. The zero-order chi connectivity index (χ0) is 16.4. The molecule has 0 fully saturated rings. The van der Waals surface area contributed by atoms with E-state index in [9.17, 15) is 4.39 Å². The molecule has 0 aliphatic heterocycles. The molecule has 0 atom stereocenters. The van der Waals surface area contributed by atoms with Crippen LogP contribution in [0.2, 0.25) is 0 Å². The van der Waals surface area contributed by atoms with Gasteiger partial charge in [-0.3, -0.25) is 4.98 Å². The highest BCUT2D eigenvalue weighted by Crippen LogP contribution is 2.24. The SMILES string of the molecule is Cc1cc(NCCc2nncn2C(C)C)c2cc(F)ccc2n1. The molecule has 0 saturated heterocycles. The predicted octanol–water partition coefficient (Wildman–Crippen LogP) is 3.51.